The van der Waals surface area contributed by atoms with Gasteiger partial charge in [0.1, 0.15) is 5.15 Å². The molecule has 0 unspecified atom stereocenters. The summed E-state index contributed by atoms with van der Waals surface area (Å²) in [5, 5.41) is 11.5. The Balaban J connectivity index is 3.33. The summed E-state index contributed by atoms with van der Waals surface area (Å²) < 4.78 is 1.55. The van der Waals surface area contributed by atoms with Gasteiger partial charge in [0.25, 0.3) is 0 Å². The molecule has 0 aliphatic heterocycles. The van der Waals surface area contributed by atoms with E-state index in [-0.39, 0.29) is 0 Å². The largest absolute Gasteiger partial charge is 0.308 e. The molecule has 0 aliphatic carbocycles. The molecule has 1 heterocycles. The van der Waals surface area contributed by atoms with E-state index in [0.717, 1.165) is 5.69 Å². The fourth-order valence-corrected chi connectivity index (χ4v) is 1.04. The maximum absolute atomic E-state index is 6.98. The molecule has 3 nitrogen and oxygen atoms in total. The van der Waals surface area contributed by atoms with Gasteiger partial charge in [-0.3, -0.25) is 4.68 Å². The highest BCUT2D eigenvalue weighted by atomic mass is 35.5. The molecule has 10 heavy (non-hydrogen) atoms. The topological polar surface area (TPSA) is 41.7 Å². The number of nitrogens with one attached hydrogen (secondary N) is 1. The monoisotopic (exact) mass is 157 g/mol. The Labute approximate surface area is 64.1 Å². The van der Waals surface area contributed by atoms with Gasteiger partial charge in [-0.2, -0.15) is 5.10 Å². The second kappa shape index (κ2) is 2.42. The van der Waals surface area contributed by atoms with Crippen LogP contribution in [0.4, 0.5) is 0 Å². The minimum absolute atomic E-state index is 0.521. The quantitative estimate of drug-likeness (QED) is 0.615. The van der Waals surface area contributed by atoms with E-state index in [4.69, 9.17) is 17.0 Å². The standard InChI is InChI=1S/C6H8ClN3/c1-4-5(3-8)6(7)10(2)9-4/h3,8H,1-2H3. The van der Waals surface area contributed by atoms with Crippen LogP contribution in [-0.2, 0) is 7.05 Å². The summed E-state index contributed by atoms with van der Waals surface area (Å²) in [7, 11) is 1.75. The van der Waals surface area contributed by atoms with Gasteiger partial charge in [-0.1, -0.05) is 11.6 Å². The lowest BCUT2D eigenvalue weighted by Crippen LogP contribution is -1.89. The first-order valence-electron chi connectivity index (χ1n) is 2.86. The third-order valence-corrected chi connectivity index (χ3v) is 1.79. The molecule has 0 saturated carbocycles. The van der Waals surface area contributed by atoms with Crippen LogP contribution < -0.4 is 0 Å². The van der Waals surface area contributed by atoms with Gasteiger partial charge in [-0.15, -0.1) is 0 Å². The molecule has 0 aliphatic rings. The number of halogens is 1. The lowest BCUT2D eigenvalue weighted by Gasteiger charge is -1.88. The zero-order valence-corrected chi connectivity index (χ0v) is 6.61. The molecule has 0 fully saturated rings. The van der Waals surface area contributed by atoms with Crippen LogP contribution in [0.2, 0.25) is 5.15 Å². The minimum atomic E-state index is 0.521. The van der Waals surface area contributed by atoms with Crippen LogP contribution in [-0.4, -0.2) is 16.0 Å². The van der Waals surface area contributed by atoms with Gasteiger partial charge in [0.15, 0.2) is 0 Å². The molecule has 1 aromatic heterocycles. The van der Waals surface area contributed by atoms with Crippen molar-refractivity contribution in [3.8, 4) is 0 Å². The number of hydrogen-bond donors (Lipinski definition) is 1. The van der Waals surface area contributed by atoms with E-state index in [0.29, 0.717) is 10.7 Å². The number of nitrogens with zero attached hydrogens (tertiary/aromatic N) is 2. The fourth-order valence-electron chi connectivity index (χ4n) is 0.810. The van der Waals surface area contributed by atoms with Gasteiger partial charge in [0.05, 0.1) is 11.3 Å². The Morgan fingerprint density at radius 2 is 2.30 bits per heavy atom. The summed E-state index contributed by atoms with van der Waals surface area (Å²) in [6, 6.07) is 0. The predicted octanol–water partition coefficient (Wildman–Crippen LogP) is 1.38. The van der Waals surface area contributed by atoms with Crippen LogP contribution in [0.3, 0.4) is 0 Å². The minimum Gasteiger partial charge on any atom is -0.308 e. The van der Waals surface area contributed by atoms with Crippen molar-refractivity contribution in [1.82, 2.24) is 9.78 Å². The number of aromatic nitrogens is 2. The summed E-state index contributed by atoms with van der Waals surface area (Å²) >= 11 is 5.76. The first-order chi connectivity index (χ1) is 4.66. The van der Waals surface area contributed by atoms with Crippen LogP contribution in [0.25, 0.3) is 0 Å². The van der Waals surface area contributed by atoms with E-state index < -0.39 is 0 Å². The van der Waals surface area contributed by atoms with Crippen molar-refractivity contribution >= 4 is 17.8 Å². The molecule has 1 rings (SSSR count). The van der Waals surface area contributed by atoms with Gasteiger partial charge in [0.2, 0.25) is 0 Å². The lowest BCUT2D eigenvalue weighted by atomic mass is 10.3. The normalized spacial score (nSPS) is 9.90. The van der Waals surface area contributed by atoms with E-state index >= 15 is 0 Å². The first-order valence-corrected chi connectivity index (χ1v) is 3.24. The SMILES string of the molecule is Cc1nn(C)c(Cl)c1C=N. The fraction of sp³-hybridized carbons (Fsp3) is 0.333. The summed E-state index contributed by atoms with van der Waals surface area (Å²) in [6.07, 6.45) is 1.21. The smallest absolute Gasteiger partial charge is 0.135 e. The molecule has 0 radical (unpaired) electrons. The van der Waals surface area contributed by atoms with Crippen LogP contribution in [0.5, 0.6) is 0 Å². The van der Waals surface area contributed by atoms with E-state index in [1.807, 2.05) is 6.92 Å². The highest BCUT2D eigenvalue weighted by molar-refractivity contribution is 6.32. The van der Waals surface area contributed by atoms with Crippen molar-refractivity contribution in [3.63, 3.8) is 0 Å². The van der Waals surface area contributed by atoms with Gasteiger partial charge in [0, 0.05) is 13.3 Å². The summed E-state index contributed by atoms with van der Waals surface area (Å²) in [6.45, 7) is 1.83. The first kappa shape index (κ1) is 7.28. The Bertz CT molecular complexity index is 264. The molecule has 0 spiro atoms. The lowest BCUT2D eigenvalue weighted by molar-refractivity contribution is 0.757. The molecule has 1 N–H and O–H groups in total. The third-order valence-electron chi connectivity index (χ3n) is 1.34. The molecule has 54 valence electrons. The molecule has 0 amide bonds. The summed E-state index contributed by atoms with van der Waals surface area (Å²) in [4.78, 5) is 0. The van der Waals surface area contributed by atoms with Crippen LogP contribution in [0.15, 0.2) is 0 Å². The van der Waals surface area contributed by atoms with Gasteiger partial charge in [-0.25, -0.2) is 0 Å². The van der Waals surface area contributed by atoms with E-state index in [1.165, 1.54) is 6.21 Å². The van der Waals surface area contributed by atoms with Crippen molar-refractivity contribution in [2.75, 3.05) is 0 Å². The number of hydrogen-bond acceptors (Lipinski definition) is 2. The highest BCUT2D eigenvalue weighted by Crippen LogP contribution is 2.15. The second-order valence-corrected chi connectivity index (χ2v) is 2.42. The van der Waals surface area contributed by atoms with Crippen molar-refractivity contribution in [1.29, 1.82) is 5.41 Å². The van der Waals surface area contributed by atoms with Crippen molar-refractivity contribution in [2.45, 2.75) is 6.92 Å². The average molecular weight is 158 g/mol. The number of rotatable bonds is 1. The van der Waals surface area contributed by atoms with Crippen molar-refractivity contribution < 1.29 is 0 Å². The van der Waals surface area contributed by atoms with Gasteiger partial charge in [-0.05, 0) is 6.92 Å². The molecular weight excluding hydrogens is 150 g/mol. The van der Waals surface area contributed by atoms with Crippen molar-refractivity contribution in [2.24, 2.45) is 7.05 Å². The van der Waals surface area contributed by atoms with E-state index in [2.05, 4.69) is 5.10 Å². The van der Waals surface area contributed by atoms with E-state index in [1.54, 1.807) is 11.7 Å². The maximum Gasteiger partial charge on any atom is 0.135 e. The Kier molecular flexibility index (Phi) is 1.76. The van der Waals surface area contributed by atoms with Crippen LogP contribution >= 0.6 is 11.6 Å². The number of aryl methyl sites for hydroxylation is 2. The Morgan fingerprint density at radius 3 is 2.50 bits per heavy atom. The average Bonchev–Trinajstić information content (AvgIpc) is 2.09. The predicted molar refractivity (Wildman–Crippen MR) is 40.8 cm³/mol. The summed E-state index contributed by atoms with van der Waals surface area (Å²) in [5.74, 6) is 0. The van der Waals surface area contributed by atoms with Gasteiger partial charge < -0.3 is 5.41 Å². The molecule has 1 aromatic rings. The zero-order chi connectivity index (χ0) is 7.72. The highest BCUT2D eigenvalue weighted by Gasteiger charge is 2.06. The van der Waals surface area contributed by atoms with Crippen LogP contribution in [0, 0.1) is 12.3 Å². The molecular formula is C6H8ClN3. The molecule has 4 heteroatoms. The van der Waals surface area contributed by atoms with Crippen molar-refractivity contribution in [3.05, 3.63) is 16.4 Å². The third kappa shape index (κ3) is 0.926. The molecule has 0 bridgehead atoms. The van der Waals surface area contributed by atoms with E-state index in [9.17, 15) is 0 Å². The zero-order valence-electron chi connectivity index (χ0n) is 5.85. The Hall–Kier alpha value is -0.830. The van der Waals surface area contributed by atoms with Gasteiger partial charge >= 0.3 is 0 Å². The molecule has 0 atom stereocenters. The Morgan fingerprint density at radius 1 is 1.70 bits per heavy atom. The summed E-state index contributed by atoms with van der Waals surface area (Å²) in [5.41, 5.74) is 1.49. The second-order valence-electron chi connectivity index (χ2n) is 2.06. The molecule has 0 saturated heterocycles. The maximum atomic E-state index is 6.98. The van der Waals surface area contributed by atoms with Crippen LogP contribution in [0.1, 0.15) is 11.3 Å². The molecule has 0 aromatic carbocycles.